The lowest BCUT2D eigenvalue weighted by Crippen LogP contribution is -2.34. The number of amides is 1. The van der Waals surface area contributed by atoms with Gasteiger partial charge in [-0.05, 0) is 26.2 Å². The summed E-state index contributed by atoms with van der Waals surface area (Å²) in [7, 11) is 0. The normalized spacial score (nSPS) is 12.5. The van der Waals surface area contributed by atoms with Crippen LogP contribution in [0.3, 0.4) is 0 Å². The summed E-state index contributed by atoms with van der Waals surface area (Å²) in [4.78, 5) is 13.5. The van der Waals surface area contributed by atoms with Crippen molar-refractivity contribution >= 4 is 5.91 Å². The van der Waals surface area contributed by atoms with Gasteiger partial charge >= 0.3 is 0 Å². The van der Waals surface area contributed by atoms with Crippen molar-refractivity contribution in [1.82, 2.24) is 4.90 Å². The highest BCUT2D eigenvalue weighted by Crippen LogP contribution is 2.04. The minimum atomic E-state index is 0.0444. The number of nitrogens with zero attached hydrogens (tertiary/aromatic N) is 1. The second-order valence-corrected chi connectivity index (χ2v) is 4.33. The predicted molar refractivity (Wildman–Crippen MR) is 66.1 cm³/mol. The molecule has 4 nitrogen and oxygen atoms in total. The van der Waals surface area contributed by atoms with Gasteiger partial charge < -0.3 is 15.7 Å². The van der Waals surface area contributed by atoms with Gasteiger partial charge in [-0.3, -0.25) is 4.79 Å². The fourth-order valence-electron chi connectivity index (χ4n) is 1.56. The van der Waals surface area contributed by atoms with E-state index in [0.29, 0.717) is 13.0 Å². The Morgan fingerprint density at radius 3 is 2.56 bits per heavy atom. The third kappa shape index (κ3) is 7.65. The van der Waals surface area contributed by atoms with E-state index in [0.717, 1.165) is 32.2 Å². The minimum absolute atomic E-state index is 0.0444. The van der Waals surface area contributed by atoms with Gasteiger partial charge in [-0.1, -0.05) is 13.3 Å². The van der Waals surface area contributed by atoms with Gasteiger partial charge in [0.2, 0.25) is 5.91 Å². The van der Waals surface area contributed by atoms with Gasteiger partial charge in [0.05, 0.1) is 6.61 Å². The van der Waals surface area contributed by atoms with Crippen LogP contribution in [0.25, 0.3) is 0 Å². The number of carbonyl (C=O) groups is 1. The molecule has 16 heavy (non-hydrogen) atoms. The van der Waals surface area contributed by atoms with Crippen LogP contribution in [-0.4, -0.2) is 41.7 Å². The monoisotopic (exact) mass is 230 g/mol. The van der Waals surface area contributed by atoms with Gasteiger partial charge in [-0.2, -0.15) is 0 Å². The molecule has 0 rings (SSSR count). The molecule has 4 heteroatoms. The van der Waals surface area contributed by atoms with Crippen molar-refractivity contribution in [3.63, 3.8) is 0 Å². The SMILES string of the molecule is CCCCN(CCO)C(=O)CCCC(C)N. The van der Waals surface area contributed by atoms with E-state index in [9.17, 15) is 4.79 Å². The zero-order chi connectivity index (χ0) is 12.4. The first-order valence-corrected chi connectivity index (χ1v) is 6.26. The van der Waals surface area contributed by atoms with E-state index in [1.165, 1.54) is 0 Å². The van der Waals surface area contributed by atoms with Gasteiger partial charge in [-0.25, -0.2) is 0 Å². The Balaban J connectivity index is 3.86. The van der Waals surface area contributed by atoms with E-state index in [1.54, 1.807) is 4.90 Å². The van der Waals surface area contributed by atoms with Gasteiger partial charge in [0.1, 0.15) is 0 Å². The van der Waals surface area contributed by atoms with Crippen molar-refractivity contribution in [3.8, 4) is 0 Å². The zero-order valence-electron chi connectivity index (χ0n) is 10.6. The fourth-order valence-corrected chi connectivity index (χ4v) is 1.56. The Kier molecular flexibility index (Phi) is 9.24. The molecule has 0 saturated heterocycles. The number of rotatable bonds is 9. The first-order valence-electron chi connectivity index (χ1n) is 6.26. The van der Waals surface area contributed by atoms with Crippen molar-refractivity contribution in [2.75, 3.05) is 19.7 Å². The molecule has 0 fully saturated rings. The summed E-state index contributed by atoms with van der Waals surface area (Å²) in [5.41, 5.74) is 5.63. The number of unbranched alkanes of at least 4 members (excludes halogenated alkanes) is 1. The number of aliphatic hydroxyl groups excluding tert-OH is 1. The van der Waals surface area contributed by atoms with Crippen LogP contribution in [0.5, 0.6) is 0 Å². The molecule has 0 heterocycles. The van der Waals surface area contributed by atoms with Crippen LogP contribution in [0.15, 0.2) is 0 Å². The van der Waals surface area contributed by atoms with Crippen molar-refractivity contribution < 1.29 is 9.90 Å². The lowest BCUT2D eigenvalue weighted by molar-refractivity contribution is -0.131. The number of hydrogen-bond acceptors (Lipinski definition) is 3. The van der Waals surface area contributed by atoms with Crippen molar-refractivity contribution in [3.05, 3.63) is 0 Å². The molecule has 0 aliphatic carbocycles. The van der Waals surface area contributed by atoms with E-state index < -0.39 is 0 Å². The topological polar surface area (TPSA) is 66.6 Å². The number of carbonyl (C=O) groups excluding carboxylic acids is 1. The van der Waals surface area contributed by atoms with Gasteiger partial charge in [0.25, 0.3) is 0 Å². The standard InChI is InChI=1S/C12H26N2O2/c1-3-4-8-14(9-10-15)12(16)7-5-6-11(2)13/h11,15H,3-10,13H2,1-2H3. The smallest absolute Gasteiger partial charge is 0.222 e. The van der Waals surface area contributed by atoms with Crippen LogP contribution in [0, 0.1) is 0 Å². The summed E-state index contributed by atoms with van der Waals surface area (Å²) in [5, 5.41) is 8.88. The van der Waals surface area contributed by atoms with Crippen LogP contribution in [0.1, 0.15) is 46.0 Å². The Morgan fingerprint density at radius 1 is 1.38 bits per heavy atom. The van der Waals surface area contributed by atoms with Crippen LogP contribution in [-0.2, 0) is 4.79 Å². The quantitative estimate of drug-likeness (QED) is 0.624. The zero-order valence-corrected chi connectivity index (χ0v) is 10.6. The minimum Gasteiger partial charge on any atom is -0.395 e. The predicted octanol–water partition coefficient (Wildman–Crippen LogP) is 1.12. The van der Waals surface area contributed by atoms with E-state index >= 15 is 0 Å². The molecule has 0 aromatic rings. The van der Waals surface area contributed by atoms with Crippen molar-refractivity contribution in [1.29, 1.82) is 0 Å². The van der Waals surface area contributed by atoms with Gasteiger partial charge in [-0.15, -0.1) is 0 Å². The maximum absolute atomic E-state index is 11.8. The second-order valence-electron chi connectivity index (χ2n) is 4.33. The highest BCUT2D eigenvalue weighted by Gasteiger charge is 2.11. The maximum Gasteiger partial charge on any atom is 0.222 e. The molecule has 1 atom stereocenters. The van der Waals surface area contributed by atoms with Crippen molar-refractivity contribution in [2.24, 2.45) is 5.73 Å². The molecule has 0 spiro atoms. The highest BCUT2D eigenvalue weighted by atomic mass is 16.3. The van der Waals surface area contributed by atoms with E-state index in [-0.39, 0.29) is 18.6 Å². The summed E-state index contributed by atoms with van der Waals surface area (Å²) in [5.74, 6) is 0.142. The molecular formula is C12H26N2O2. The van der Waals surface area contributed by atoms with Gasteiger partial charge in [0, 0.05) is 25.6 Å². The van der Waals surface area contributed by atoms with Crippen LogP contribution >= 0.6 is 0 Å². The summed E-state index contributed by atoms with van der Waals surface area (Å²) < 4.78 is 0. The van der Waals surface area contributed by atoms with E-state index in [4.69, 9.17) is 10.8 Å². The van der Waals surface area contributed by atoms with E-state index in [1.807, 2.05) is 6.92 Å². The lowest BCUT2D eigenvalue weighted by atomic mass is 10.1. The maximum atomic E-state index is 11.8. The average molecular weight is 230 g/mol. The number of aliphatic hydroxyl groups is 1. The molecule has 96 valence electrons. The molecule has 0 aliphatic heterocycles. The third-order valence-electron chi connectivity index (χ3n) is 2.55. The fraction of sp³-hybridized carbons (Fsp3) is 0.917. The van der Waals surface area contributed by atoms with Crippen LogP contribution in [0.4, 0.5) is 0 Å². The largest absolute Gasteiger partial charge is 0.395 e. The molecule has 0 bridgehead atoms. The summed E-state index contributed by atoms with van der Waals surface area (Å²) in [6, 6.07) is 0.162. The third-order valence-corrected chi connectivity index (χ3v) is 2.55. The molecule has 1 amide bonds. The van der Waals surface area contributed by atoms with Crippen molar-refractivity contribution in [2.45, 2.75) is 52.0 Å². The Bertz CT molecular complexity index is 184. The summed E-state index contributed by atoms with van der Waals surface area (Å²) >= 11 is 0. The molecule has 3 N–H and O–H groups in total. The molecule has 0 aromatic heterocycles. The molecule has 1 unspecified atom stereocenters. The Morgan fingerprint density at radius 2 is 2.06 bits per heavy atom. The van der Waals surface area contributed by atoms with Crippen LogP contribution in [0.2, 0.25) is 0 Å². The molecule has 0 aromatic carbocycles. The number of nitrogens with two attached hydrogens (primary N) is 1. The highest BCUT2D eigenvalue weighted by molar-refractivity contribution is 5.76. The average Bonchev–Trinajstić information content (AvgIpc) is 2.23. The number of hydrogen-bond donors (Lipinski definition) is 2. The molecule has 0 radical (unpaired) electrons. The first kappa shape index (κ1) is 15.4. The Hall–Kier alpha value is -0.610. The van der Waals surface area contributed by atoms with E-state index in [2.05, 4.69) is 6.92 Å². The lowest BCUT2D eigenvalue weighted by Gasteiger charge is -2.21. The van der Waals surface area contributed by atoms with Gasteiger partial charge in [0.15, 0.2) is 0 Å². The second kappa shape index (κ2) is 9.60. The molecule has 0 aliphatic rings. The molecular weight excluding hydrogens is 204 g/mol. The summed E-state index contributed by atoms with van der Waals surface area (Å²) in [6.07, 6.45) is 4.33. The first-order chi connectivity index (χ1) is 7.61. The molecule has 0 saturated carbocycles. The summed E-state index contributed by atoms with van der Waals surface area (Å²) in [6.45, 7) is 5.30. The Labute approximate surface area is 98.8 Å². The van der Waals surface area contributed by atoms with Crippen LogP contribution < -0.4 is 5.73 Å².